The maximum Gasteiger partial charge on any atom is 0.134 e. The summed E-state index contributed by atoms with van der Waals surface area (Å²) >= 11 is 15.7. The van der Waals surface area contributed by atoms with Crippen molar-refractivity contribution in [1.29, 1.82) is 0 Å². The molecule has 106 valence electrons. The Labute approximate surface area is 137 Å². The number of halogens is 3. The van der Waals surface area contributed by atoms with Gasteiger partial charge in [-0.2, -0.15) is 0 Å². The molecule has 0 saturated carbocycles. The van der Waals surface area contributed by atoms with Crippen LogP contribution in [0.3, 0.4) is 0 Å². The Hall–Kier alpha value is -0.740. The molecule has 2 aromatic carbocycles. The van der Waals surface area contributed by atoms with E-state index >= 15 is 0 Å². The molecule has 0 spiro atoms. The number of ether oxygens (including phenoxy) is 1. The van der Waals surface area contributed by atoms with Crippen LogP contribution in [0.2, 0.25) is 10.0 Å². The third-order valence-electron chi connectivity index (χ3n) is 2.86. The molecule has 0 aliphatic rings. The minimum Gasteiger partial charge on any atom is -0.488 e. The predicted molar refractivity (Wildman–Crippen MR) is 87.7 cm³/mol. The topological polar surface area (TPSA) is 35.2 Å². The number of hydrogen-bond donors (Lipinski definition) is 1. The van der Waals surface area contributed by atoms with Crippen molar-refractivity contribution in [1.82, 2.24) is 0 Å². The summed E-state index contributed by atoms with van der Waals surface area (Å²) in [5.41, 5.74) is 7.50. The summed E-state index contributed by atoms with van der Waals surface area (Å²) < 4.78 is 6.67. The quantitative estimate of drug-likeness (QED) is 0.812. The summed E-state index contributed by atoms with van der Waals surface area (Å²) in [4.78, 5) is 0. The van der Waals surface area contributed by atoms with Gasteiger partial charge in [-0.05, 0) is 58.7 Å². The van der Waals surface area contributed by atoms with Gasteiger partial charge in [-0.1, -0.05) is 35.3 Å². The number of rotatable bonds is 5. The van der Waals surface area contributed by atoms with E-state index in [-0.39, 0.29) is 0 Å². The van der Waals surface area contributed by atoms with E-state index in [0.29, 0.717) is 23.2 Å². The number of hydrogen-bond acceptors (Lipinski definition) is 2. The molecule has 0 saturated heterocycles. The summed E-state index contributed by atoms with van der Waals surface area (Å²) in [6.45, 7) is 0.954. The smallest absolute Gasteiger partial charge is 0.134 e. The SMILES string of the molecule is NCCc1ccc(OCc2c(Cl)cccc2Cl)c(Br)c1. The summed E-state index contributed by atoms with van der Waals surface area (Å²) in [5, 5.41) is 1.21. The first-order valence-electron chi connectivity index (χ1n) is 6.16. The van der Waals surface area contributed by atoms with Gasteiger partial charge < -0.3 is 10.5 Å². The largest absolute Gasteiger partial charge is 0.488 e. The molecule has 2 aromatic rings. The summed E-state index contributed by atoms with van der Waals surface area (Å²) in [5.74, 6) is 0.752. The van der Waals surface area contributed by atoms with Crippen LogP contribution >= 0.6 is 39.1 Å². The molecular formula is C15H14BrCl2NO. The van der Waals surface area contributed by atoms with Crippen molar-refractivity contribution in [2.24, 2.45) is 5.73 Å². The average molecular weight is 375 g/mol. The van der Waals surface area contributed by atoms with E-state index < -0.39 is 0 Å². The van der Waals surface area contributed by atoms with Gasteiger partial charge in [-0.3, -0.25) is 0 Å². The zero-order valence-corrected chi connectivity index (χ0v) is 13.8. The standard InChI is InChI=1S/C15H14BrCl2NO/c16-12-8-10(6-7-19)4-5-15(12)20-9-11-13(17)2-1-3-14(11)18/h1-5,8H,6-7,9,19H2. The first-order valence-corrected chi connectivity index (χ1v) is 7.71. The molecule has 0 unspecified atom stereocenters. The third kappa shape index (κ3) is 3.89. The monoisotopic (exact) mass is 373 g/mol. The summed E-state index contributed by atoms with van der Waals surface area (Å²) in [7, 11) is 0. The van der Waals surface area contributed by atoms with E-state index in [2.05, 4.69) is 15.9 Å². The van der Waals surface area contributed by atoms with Crippen LogP contribution in [0.5, 0.6) is 5.75 Å². The lowest BCUT2D eigenvalue weighted by Crippen LogP contribution is -2.03. The molecular weight excluding hydrogens is 361 g/mol. The minimum atomic E-state index is 0.327. The van der Waals surface area contributed by atoms with Gasteiger partial charge in [0.25, 0.3) is 0 Å². The first-order chi connectivity index (χ1) is 9.61. The van der Waals surface area contributed by atoms with Crippen molar-refractivity contribution in [2.75, 3.05) is 6.54 Å². The molecule has 2 nitrogen and oxygen atoms in total. The van der Waals surface area contributed by atoms with Crippen LogP contribution < -0.4 is 10.5 Å². The summed E-state index contributed by atoms with van der Waals surface area (Å²) in [6.07, 6.45) is 0.842. The molecule has 0 bridgehead atoms. The fourth-order valence-corrected chi connectivity index (χ4v) is 2.85. The molecule has 0 aliphatic carbocycles. The molecule has 2 rings (SSSR count). The van der Waals surface area contributed by atoms with Crippen LogP contribution in [0, 0.1) is 0 Å². The molecule has 0 aromatic heterocycles. The van der Waals surface area contributed by atoms with Gasteiger partial charge in [0.1, 0.15) is 12.4 Å². The molecule has 0 fully saturated rings. The van der Waals surface area contributed by atoms with Crippen LogP contribution in [0.4, 0.5) is 0 Å². The van der Waals surface area contributed by atoms with Crippen LogP contribution in [-0.4, -0.2) is 6.54 Å². The lowest BCUT2D eigenvalue weighted by molar-refractivity contribution is 0.304. The average Bonchev–Trinajstić information content (AvgIpc) is 2.40. The zero-order valence-electron chi connectivity index (χ0n) is 10.7. The Morgan fingerprint density at radius 1 is 1.10 bits per heavy atom. The second-order valence-corrected chi connectivity index (χ2v) is 5.96. The van der Waals surface area contributed by atoms with E-state index in [1.165, 1.54) is 5.56 Å². The Morgan fingerprint density at radius 3 is 2.40 bits per heavy atom. The van der Waals surface area contributed by atoms with Crippen LogP contribution in [-0.2, 0) is 13.0 Å². The molecule has 0 amide bonds. The molecule has 20 heavy (non-hydrogen) atoms. The highest BCUT2D eigenvalue weighted by atomic mass is 79.9. The van der Waals surface area contributed by atoms with Crippen molar-refractivity contribution in [3.05, 3.63) is 62.0 Å². The van der Waals surface area contributed by atoms with Crippen molar-refractivity contribution in [3.8, 4) is 5.75 Å². The van der Waals surface area contributed by atoms with Gasteiger partial charge in [-0.25, -0.2) is 0 Å². The van der Waals surface area contributed by atoms with Gasteiger partial charge in [0, 0.05) is 15.6 Å². The highest BCUT2D eigenvalue weighted by Crippen LogP contribution is 2.30. The van der Waals surface area contributed by atoms with Crippen LogP contribution in [0.15, 0.2) is 40.9 Å². The maximum atomic E-state index is 6.11. The van der Waals surface area contributed by atoms with Crippen molar-refractivity contribution < 1.29 is 4.74 Å². The highest BCUT2D eigenvalue weighted by molar-refractivity contribution is 9.10. The van der Waals surface area contributed by atoms with E-state index in [1.807, 2.05) is 24.3 Å². The summed E-state index contributed by atoms with van der Waals surface area (Å²) in [6, 6.07) is 11.3. The predicted octanol–water partition coefficient (Wildman–Crippen LogP) is 4.84. The van der Waals surface area contributed by atoms with E-state index in [4.69, 9.17) is 33.7 Å². The second-order valence-electron chi connectivity index (χ2n) is 4.29. The first kappa shape index (κ1) is 15.6. The maximum absolute atomic E-state index is 6.11. The van der Waals surface area contributed by atoms with Gasteiger partial charge in [0.15, 0.2) is 0 Å². The van der Waals surface area contributed by atoms with Gasteiger partial charge >= 0.3 is 0 Å². The van der Waals surface area contributed by atoms with Crippen molar-refractivity contribution in [2.45, 2.75) is 13.0 Å². The normalized spacial score (nSPS) is 10.6. The lowest BCUT2D eigenvalue weighted by atomic mass is 10.1. The Bertz CT molecular complexity index is 584. The fourth-order valence-electron chi connectivity index (χ4n) is 1.80. The van der Waals surface area contributed by atoms with Gasteiger partial charge in [0.2, 0.25) is 0 Å². The Balaban J connectivity index is 2.11. The van der Waals surface area contributed by atoms with E-state index in [9.17, 15) is 0 Å². The number of benzene rings is 2. The fraction of sp³-hybridized carbons (Fsp3) is 0.200. The highest BCUT2D eigenvalue weighted by Gasteiger charge is 2.08. The zero-order chi connectivity index (χ0) is 14.5. The lowest BCUT2D eigenvalue weighted by Gasteiger charge is -2.11. The molecule has 0 atom stereocenters. The van der Waals surface area contributed by atoms with Crippen molar-refractivity contribution >= 4 is 39.1 Å². The molecule has 0 radical (unpaired) electrons. The van der Waals surface area contributed by atoms with Crippen molar-refractivity contribution in [3.63, 3.8) is 0 Å². The van der Waals surface area contributed by atoms with Gasteiger partial charge in [0.05, 0.1) is 4.47 Å². The van der Waals surface area contributed by atoms with Crippen LogP contribution in [0.25, 0.3) is 0 Å². The Morgan fingerprint density at radius 2 is 1.80 bits per heavy atom. The molecule has 0 heterocycles. The Kier molecular flexibility index (Phi) is 5.73. The van der Waals surface area contributed by atoms with E-state index in [1.54, 1.807) is 12.1 Å². The third-order valence-corrected chi connectivity index (χ3v) is 4.19. The van der Waals surface area contributed by atoms with Crippen LogP contribution in [0.1, 0.15) is 11.1 Å². The second kappa shape index (κ2) is 7.32. The van der Waals surface area contributed by atoms with Gasteiger partial charge in [-0.15, -0.1) is 0 Å². The molecule has 5 heteroatoms. The molecule has 0 aliphatic heterocycles. The number of nitrogens with two attached hydrogens (primary N) is 1. The minimum absolute atomic E-state index is 0.327. The molecule has 2 N–H and O–H groups in total. The van der Waals surface area contributed by atoms with E-state index in [0.717, 1.165) is 22.2 Å².